The first-order valence-electron chi connectivity index (χ1n) is 10.7. The van der Waals surface area contributed by atoms with Crippen molar-refractivity contribution in [2.75, 3.05) is 50.8 Å². The van der Waals surface area contributed by atoms with Crippen LogP contribution in [0.5, 0.6) is 5.75 Å². The fourth-order valence-electron chi connectivity index (χ4n) is 3.46. The Balaban J connectivity index is 1.48. The second-order valence-corrected chi connectivity index (χ2v) is 10.2. The molecule has 1 aliphatic heterocycles. The molecular formula is C21H22F3N7O3S2. The zero-order valence-electron chi connectivity index (χ0n) is 19.0. The molecule has 0 aliphatic carbocycles. The van der Waals surface area contributed by atoms with Gasteiger partial charge in [-0.2, -0.15) is 0 Å². The van der Waals surface area contributed by atoms with E-state index in [1.54, 1.807) is 6.20 Å². The van der Waals surface area contributed by atoms with Crippen LogP contribution in [0.15, 0.2) is 24.4 Å². The van der Waals surface area contributed by atoms with Crippen LogP contribution in [0.1, 0.15) is 15.4 Å². The zero-order valence-corrected chi connectivity index (χ0v) is 20.7. The summed E-state index contributed by atoms with van der Waals surface area (Å²) in [7, 11) is 1.97. The van der Waals surface area contributed by atoms with Gasteiger partial charge >= 0.3 is 6.36 Å². The minimum absolute atomic E-state index is 0.00707. The first kappa shape index (κ1) is 25.9. The van der Waals surface area contributed by atoms with Crippen LogP contribution in [-0.4, -0.2) is 82.8 Å². The predicted octanol–water partition coefficient (Wildman–Crippen LogP) is 2.75. The Labute approximate surface area is 211 Å². The molecular weight excluding hydrogens is 519 g/mol. The van der Waals surface area contributed by atoms with E-state index in [9.17, 15) is 22.8 Å². The van der Waals surface area contributed by atoms with Crippen LogP contribution in [0.2, 0.25) is 0 Å². The first-order valence-corrected chi connectivity index (χ1v) is 12.4. The van der Waals surface area contributed by atoms with E-state index in [2.05, 4.69) is 30.1 Å². The van der Waals surface area contributed by atoms with Gasteiger partial charge in [0.25, 0.3) is 0 Å². The number of carbonyl (C=O) groups is 2. The van der Waals surface area contributed by atoms with Gasteiger partial charge < -0.3 is 20.7 Å². The molecule has 3 heterocycles. The van der Waals surface area contributed by atoms with E-state index in [-0.39, 0.29) is 24.2 Å². The molecule has 1 aliphatic rings. The van der Waals surface area contributed by atoms with Gasteiger partial charge in [-0.1, -0.05) is 22.7 Å². The van der Waals surface area contributed by atoms with Crippen molar-refractivity contribution in [1.82, 2.24) is 25.0 Å². The van der Waals surface area contributed by atoms with Crippen LogP contribution in [0.25, 0.3) is 9.88 Å². The number of benzene rings is 1. The zero-order chi connectivity index (χ0) is 25.9. The topological polar surface area (TPSA) is 127 Å². The van der Waals surface area contributed by atoms with E-state index < -0.39 is 23.8 Å². The largest absolute Gasteiger partial charge is 0.573 e. The Morgan fingerprint density at radius 1 is 1.17 bits per heavy atom. The lowest BCUT2D eigenvalue weighted by molar-refractivity contribution is -0.274. The molecule has 0 unspecified atom stereocenters. The lowest BCUT2D eigenvalue weighted by Crippen LogP contribution is -2.47. The van der Waals surface area contributed by atoms with Crippen LogP contribution in [0, 0.1) is 0 Å². The van der Waals surface area contributed by atoms with Gasteiger partial charge in [0.2, 0.25) is 5.91 Å². The molecule has 0 saturated carbocycles. The number of nitrogens with two attached hydrogens (primary N) is 1. The number of rotatable bonds is 8. The second kappa shape index (κ2) is 10.9. The SMILES string of the molecule is CN1CCN(CC(=O)Nc2cc(C(=O)Cc3nnc(-c4cnc(N)s4)s3)ccc2OC(F)(F)F)CC1. The number of hydrogen-bond donors (Lipinski definition) is 2. The summed E-state index contributed by atoms with van der Waals surface area (Å²) in [4.78, 5) is 34.1. The van der Waals surface area contributed by atoms with Crippen molar-refractivity contribution in [3.8, 4) is 15.6 Å². The van der Waals surface area contributed by atoms with Crippen molar-refractivity contribution >= 4 is 45.2 Å². The van der Waals surface area contributed by atoms with Crippen molar-refractivity contribution in [2.45, 2.75) is 12.8 Å². The van der Waals surface area contributed by atoms with Gasteiger partial charge in [-0.3, -0.25) is 14.5 Å². The number of likely N-dealkylation sites (N-methyl/N-ethyl adjacent to an activating group) is 1. The van der Waals surface area contributed by atoms with Gasteiger partial charge in [0.1, 0.15) is 5.01 Å². The normalized spacial score (nSPS) is 15.1. The number of anilines is 2. The van der Waals surface area contributed by atoms with Gasteiger partial charge in [-0.25, -0.2) is 4.98 Å². The van der Waals surface area contributed by atoms with Crippen molar-refractivity contribution in [2.24, 2.45) is 0 Å². The summed E-state index contributed by atoms with van der Waals surface area (Å²) in [5.74, 6) is -1.52. The number of nitrogens with one attached hydrogen (secondary N) is 1. The second-order valence-electron chi connectivity index (χ2n) is 8.05. The molecule has 3 aromatic rings. The van der Waals surface area contributed by atoms with E-state index in [1.165, 1.54) is 34.8 Å². The van der Waals surface area contributed by atoms with Crippen LogP contribution >= 0.6 is 22.7 Å². The highest BCUT2D eigenvalue weighted by Crippen LogP contribution is 2.33. The molecule has 192 valence electrons. The van der Waals surface area contributed by atoms with E-state index in [0.29, 0.717) is 33.1 Å². The van der Waals surface area contributed by atoms with Crippen molar-refractivity contribution in [1.29, 1.82) is 0 Å². The third-order valence-electron chi connectivity index (χ3n) is 5.28. The fraction of sp³-hybridized carbons (Fsp3) is 0.381. The fourth-order valence-corrected chi connectivity index (χ4v) is 5.02. The lowest BCUT2D eigenvalue weighted by Gasteiger charge is -2.31. The number of nitrogen functional groups attached to an aromatic ring is 1. The Hall–Kier alpha value is -3.14. The van der Waals surface area contributed by atoms with Gasteiger partial charge in [0, 0.05) is 31.7 Å². The highest BCUT2D eigenvalue weighted by Gasteiger charge is 2.33. The Morgan fingerprint density at radius 3 is 2.58 bits per heavy atom. The molecule has 1 amide bonds. The molecule has 0 atom stereocenters. The molecule has 1 aromatic carbocycles. The lowest BCUT2D eigenvalue weighted by atomic mass is 10.1. The van der Waals surface area contributed by atoms with Gasteiger partial charge in [-0.05, 0) is 25.2 Å². The standard InChI is InChI=1S/C21H22F3N7O3S2/c1-30-4-6-31(7-5-30)11-17(33)27-13-8-12(2-3-15(13)34-21(22,23)24)14(32)9-18-28-29-19(36-18)16-10-26-20(25)35-16/h2-3,8,10H,4-7,9,11H2,1H3,(H2,25,26)(H,27,33). The first-order chi connectivity index (χ1) is 17.1. The minimum Gasteiger partial charge on any atom is -0.404 e. The molecule has 36 heavy (non-hydrogen) atoms. The third kappa shape index (κ3) is 6.96. The smallest absolute Gasteiger partial charge is 0.404 e. The summed E-state index contributed by atoms with van der Waals surface area (Å²) < 4.78 is 42.8. The highest BCUT2D eigenvalue weighted by molar-refractivity contribution is 7.23. The van der Waals surface area contributed by atoms with E-state index in [1.807, 2.05) is 11.9 Å². The van der Waals surface area contributed by atoms with Crippen LogP contribution < -0.4 is 15.8 Å². The number of carbonyl (C=O) groups excluding carboxylic acids is 2. The van der Waals surface area contributed by atoms with E-state index in [4.69, 9.17) is 5.73 Å². The van der Waals surface area contributed by atoms with Crippen LogP contribution in [-0.2, 0) is 11.2 Å². The number of amides is 1. The summed E-state index contributed by atoms with van der Waals surface area (Å²) in [6, 6.07) is 3.40. The number of ketones is 1. The van der Waals surface area contributed by atoms with E-state index >= 15 is 0 Å². The van der Waals surface area contributed by atoms with Crippen LogP contribution in [0.3, 0.4) is 0 Å². The number of hydrogen-bond acceptors (Lipinski definition) is 11. The molecule has 10 nitrogen and oxygen atoms in total. The Kier molecular flexibility index (Phi) is 7.82. The van der Waals surface area contributed by atoms with Gasteiger partial charge in [0.15, 0.2) is 21.7 Å². The number of nitrogens with zero attached hydrogens (tertiary/aromatic N) is 5. The Bertz CT molecular complexity index is 1240. The van der Waals surface area contributed by atoms with Crippen molar-refractivity contribution < 1.29 is 27.5 Å². The number of piperazine rings is 1. The monoisotopic (exact) mass is 541 g/mol. The molecule has 4 rings (SSSR count). The number of ether oxygens (including phenoxy) is 1. The maximum atomic E-state index is 12.9. The number of halogens is 3. The number of alkyl halides is 3. The summed E-state index contributed by atoms with van der Waals surface area (Å²) in [6.45, 7) is 2.89. The van der Waals surface area contributed by atoms with Gasteiger partial charge in [0.05, 0.1) is 29.7 Å². The molecule has 2 aromatic heterocycles. The molecule has 0 bridgehead atoms. The average Bonchev–Trinajstić information content (AvgIpc) is 3.44. The molecule has 3 N–H and O–H groups in total. The maximum Gasteiger partial charge on any atom is 0.573 e. The number of thiazole rings is 1. The summed E-state index contributed by atoms with van der Waals surface area (Å²) in [5.41, 5.74) is 5.49. The molecule has 15 heteroatoms. The van der Waals surface area contributed by atoms with Crippen LogP contribution in [0.4, 0.5) is 24.0 Å². The summed E-state index contributed by atoms with van der Waals surface area (Å²) in [6.07, 6.45) is -3.53. The molecule has 1 fully saturated rings. The number of Topliss-reactive ketones (excluding diaryl/α,β-unsaturated/α-hetero) is 1. The predicted molar refractivity (Wildman–Crippen MR) is 129 cm³/mol. The number of aromatic nitrogens is 3. The quantitative estimate of drug-likeness (QED) is 0.414. The molecule has 1 saturated heterocycles. The highest BCUT2D eigenvalue weighted by atomic mass is 32.1. The van der Waals surface area contributed by atoms with E-state index in [0.717, 1.165) is 19.2 Å². The Morgan fingerprint density at radius 2 is 1.92 bits per heavy atom. The molecule has 0 spiro atoms. The third-order valence-corrected chi connectivity index (χ3v) is 7.20. The average molecular weight is 542 g/mol. The van der Waals surface area contributed by atoms with Crippen molar-refractivity contribution in [3.63, 3.8) is 0 Å². The minimum atomic E-state index is -4.97. The van der Waals surface area contributed by atoms with Crippen molar-refractivity contribution in [3.05, 3.63) is 35.0 Å². The maximum absolute atomic E-state index is 12.9. The molecule has 0 radical (unpaired) electrons. The van der Waals surface area contributed by atoms with Gasteiger partial charge in [-0.15, -0.1) is 23.4 Å². The summed E-state index contributed by atoms with van der Waals surface area (Å²) in [5, 5.41) is 11.9. The summed E-state index contributed by atoms with van der Waals surface area (Å²) >= 11 is 2.42.